The number of hydrogen-bond acceptors (Lipinski definition) is 6. The second kappa shape index (κ2) is 10.1. The Morgan fingerprint density at radius 2 is 1.89 bits per heavy atom. The summed E-state index contributed by atoms with van der Waals surface area (Å²) in [6, 6.07) is 7.59. The number of carbonyl (C=O) groups excluding carboxylic acids is 2. The van der Waals surface area contributed by atoms with Gasteiger partial charge in [0.1, 0.15) is 17.0 Å². The van der Waals surface area contributed by atoms with Gasteiger partial charge in [0.2, 0.25) is 0 Å². The zero-order chi connectivity index (χ0) is 27.2. The monoisotopic (exact) mass is 540 g/mol. The second-order valence-corrected chi connectivity index (χ2v) is 11.4. The molecular weight excluding hydrogens is 508 g/mol. The number of amides is 2. The first kappa shape index (κ1) is 26.3. The van der Waals surface area contributed by atoms with Crippen molar-refractivity contribution in [3.63, 3.8) is 0 Å². The lowest BCUT2D eigenvalue weighted by Crippen LogP contribution is -2.54. The Balaban J connectivity index is 1.34. The zero-order valence-corrected chi connectivity index (χ0v) is 22.8. The molecule has 9 nitrogen and oxygen atoms in total. The molecule has 0 saturated carbocycles. The molecular formula is C28H33ClN4O5. The van der Waals surface area contributed by atoms with Gasteiger partial charge in [-0.1, -0.05) is 11.6 Å². The van der Waals surface area contributed by atoms with Crippen LogP contribution < -0.4 is 4.74 Å². The quantitative estimate of drug-likeness (QED) is 0.514. The maximum Gasteiger partial charge on any atom is 0.410 e. The van der Waals surface area contributed by atoms with Gasteiger partial charge in [0, 0.05) is 72.4 Å². The molecule has 2 aliphatic heterocycles. The number of aromatic amines is 1. The average Bonchev–Trinajstić information content (AvgIpc) is 3.45. The second-order valence-electron chi connectivity index (χ2n) is 11.0. The number of hydrogen-bond donors (Lipinski definition) is 2. The number of nitrogens with one attached hydrogen (secondary N) is 1. The number of aliphatic hydroxyl groups excluding tert-OH is 1. The maximum absolute atomic E-state index is 13.4. The highest BCUT2D eigenvalue weighted by Gasteiger charge is 2.36. The third kappa shape index (κ3) is 5.44. The van der Waals surface area contributed by atoms with E-state index in [1.54, 1.807) is 22.9 Å². The van der Waals surface area contributed by atoms with Crippen molar-refractivity contribution in [3.05, 3.63) is 46.7 Å². The Labute approximate surface area is 226 Å². The number of nitrogens with zero attached hydrogens (tertiary/aromatic N) is 3. The number of aliphatic hydroxyl groups is 1. The molecule has 0 spiro atoms. The third-order valence-electron chi connectivity index (χ3n) is 6.71. The van der Waals surface area contributed by atoms with Gasteiger partial charge in [-0.15, -0.1) is 0 Å². The van der Waals surface area contributed by atoms with Crippen LogP contribution in [0.4, 0.5) is 4.79 Å². The van der Waals surface area contributed by atoms with Gasteiger partial charge in [-0.2, -0.15) is 0 Å². The maximum atomic E-state index is 13.4. The summed E-state index contributed by atoms with van der Waals surface area (Å²) in [5.74, 6) is 0.541. The summed E-state index contributed by atoms with van der Waals surface area (Å²) in [5, 5.41) is 11.3. The smallest absolute Gasteiger partial charge is 0.410 e. The van der Waals surface area contributed by atoms with E-state index in [0.717, 1.165) is 27.8 Å². The standard InChI is InChI=1S/C28H33ClN4O5/c1-16(34)11-19-15-22-20(5-6-30-25(22)31-19)21-14-18(29)12-17-13-23(37-24(17)21)26(35)32-7-9-33(10-8-32)27(36)38-28(2,3)4/h5-6,12,14-16,23,34H,7-11,13H2,1-4H3,(H,30,31). The first-order valence-electron chi connectivity index (χ1n) is 12.9. The minimum Gasteiger partial charge on any atom is -0.479 e. The van der Waals surface area contributed by atoms with E-state index in [0.29, 0.717) is 55.4 Å². The lowest BCUT2D eigenvalue weighted by Gasteiger charge is -2.36. The van der Waals surface area contributed by atoms with Crippen LogP contribution in [0.5, 0.6) is 5.75 Å². The van der Waals surface area contributed by atoms with Crippen LogP contribution in [-0.2, 0) is 22.4 Å². The van der Waals surface area contributed by atoms with Gasteiger partial charge in [0.05, 0.1) is 6.10 Å². The van der Waals surface area contributed by atoms with E-state index < -0.39 is 17.8 Å². The molecule has 1 aromatic carbocycles. The Kier molecular flexibility index (Phi) is 7.00. The number of aromatic nitrogens is 2. The van der Waals surface area contributed by atoms with Crippen molar-refractivity contribution in [2.45, 2.75) is 58.3 Å². The van der Waals surface area contributed by atoms with Crippen LogP contribution in [0, 0.1) is 0 Å². The van der Waals surface area contributed by atoms with Gasteiger partial charge in [0.15, 0.2) is 6.10 Å². The van der Waals surface area contributed by atoms with Crippen LogP contribution in [-0.4, -0.2) is 80.9 Å². The fourth-order valence-corrected chi connectivity index (χ4v) is 5.29. The first-order valence-corrected chi connectivity index (χ1v) is 13.3. The minimum absolute atomic E-state index is 0.104. The van der Waals surface area contributed by atoms with Gasteiger partial charge in [-0.25, -0.2) is 9.78 Å². The number of ether oxygens (including phenoxy) is 2. The highest BCUT2D eigenvalue weighted by atomic mass is 35.5. The number of H-pyrrole nitrogens is 1. The van der Waals surface area contributed by atoms with E-state index in [-0.39, 0.29) is 12.0 Å². The zero-order valence-electron chi connectivity index (χ0n) is 22.1. The SMILES string of the molecule is CC(O)Cc1cc2c(-c3cc(Cl)cc4c3OC(C(=O)N3CCN(C(=O)OC(C)(C)C)CC3)C4)ccnc2[nH]1. The van der Waals surface area contributed by atoms with E-state index in [4.69, 9.17) is 21.1 Å². The van der Waals surface area contributed by atoms with E-state index in [9.17, 15) is 14.7 Å². The molecule has 10 heteroatoms. The normalized spacial score (nSPS) is 18.3. The van der Waals surface area contributed by atoms with Gasteiger partial charge in [-0.3, -0.25) is 4.79 Å². The van der Waals surface area contributed by atoms with Crippen molar-refractivity contribution in [2.75, 3.05) is 26.2 Å². The summed E-state index contributed by atoms with van der Waals surface area (Å²) in [7, 11) is 0. The Hall–Kier alpha value is -3.30. The Morgan fingerprint density at radius 3 is 2.58 bits per heavy atom. The Bertz CT molecular complexity index is 1370. The van der Waals surface area contributed by atoms with Gasteiger partial charge in [-0.05, 0) is 57.5 Å². The molecule has 1 fully saturated rings. The van der Waals surface area contributed by atoms with Gasteiger partial charge < -0.3 is 29.4 Å². The van der Waals surface area contributed by atoms with Crippen LogP contribution in [0.3, 0.4) is 0 Å². The molecule has 5 rings (SSSR count). The molecule has 2 atom stereocenters. The van der Waals surface area contributed by atoms with Gasteiger partial charge >= 0.3 is 6.09 Å². The number of rotatable bonds is 4. The average molecular weight is 541 g/mol. The molecule has 2 amide bonds. The fourth-order valence-electron chi connectivity index (χ4n) is 5.05. The molecule has 38 heavy (non-hydrogen) atoms. The predicted molar refractivity (Wildman–Crippen MR) is 144 cm³/mol. The highest BCUT2D eigenvalue weighted by molar-refractivity contribution is 6.31. The number of benzene rings is 1. The van der Waals surface area contributed by atoms with E-state index >= 15 is 0 Å². The van der Waals surface area contributed by atoms with Crippen molar-refractivity contribution in [1.82, 2.24) is 19.8 Å². The topological polar surface area (TPSA) is 108 Å². The van der Waals surface area contributed by atoms with Crippen LogP contribution in [0.1, 0.15) is 39.0 Å². The number of pyridine rings is 1. The summed E-state index contributed by atoms with van der Waals surface area (Å²) in [5.41, 5.74) is 3.59. The molecule has 3 aromatic rings. The number of fused-ring (bicyclic) bond motifs is 2. The summed E-state index contributed by atoms with van der Waals surface area (Å²) < 4.78 is 11.8. The predicted octanol–water partition coefficient (Wildman–Crippen LogP) is 4.19. The lowest BCUT2D eigenvalue weighted by molar-refractivity contribution is -0.139. The molecule has 2 aromatic heterocycles. The van der Waals surface area contributed by atoms with E-state index in [1.807, 2.05) is 45.0 Å². The number of carbonyl (C=O) groups is 2. The highest BCUT2D eigenvalue weighted by Crippen LogP contribution is 2.43. The molecule has 0 bridgehead atoms. The van der Waals surface area contributed by atoms with Crippen molar-refractivity contribution < 1.29 is 24.2 Å². The van der Waals surface area contributed by atoms with Crippen LogP contribution >= 0.6 is 11.6 Å². The number of halogens is 1. The van der Waals surface area contributed by atoms with Crippen LogP contribution in [0.25, 0.3) is 22.2 Å². The summed E-state index contributed by atoms with van der Waals surface area (Å²) in [6.07, 6.45) is 1.11. The summed E-state index contributed by atoms with van der Waals surface area (Å²) >= 11 is 6.51. The van der Waals surface area contributed by atoms with Crippen molar-refractivity contribution in [3.8, 4) is 16.9 Å². The summed E-state index contributed by atoms with van der Waals surface area (Å²) in [4.78, 5) is 36.9. The van der Waals surface area contributed by atoms with E-state index in [2.05, 4.69) is 9.97 Å². The minimum atomic E-state index is -0.662. The van der Waals surface area contributed by atoms with E-state index in [1.165, 1.54) is 0 Å². The molecule has 4 heterocycles. The lowest BCUT2D eigenvalue weighted by atomic mass is 9.99. The third-order valence-corrected chi connectivity index (χ3v) is 6.93. The van der Waals surface area contributed by atoms with Crippen molar-refractivity contribution in [2.24, 2.45) is 0 Å². The largest absolute Gasteiger partial charge is 0.479 e. The fraction of sp³-hybridized carbons (Fsp3) is 0.464. The van der Waals surface area contributed by atoms with Crippen molar-refractivity contribution >= 4 is 34.6 Å². The van der Waals surface area contributed by atoms with Gasteiger partial charge in [0.25, 0.3) is 5.91 Å². The molecule has 2 aliphatic rings. The molecule has 2 N–H and O–H groups in total. The van der Waals surface area contributed by atoms with Crippen molar-refractivity contribution in [1.29, 1.82) is 0 Å². The summed E-state index contributed by atoms with van der Waals surface area (Å²) in [6.45, 7) is 8.91. The number of piperazine rings is 1. The molecule has 0 radical (unpaired) electrons. The molecule has 2 unspecified atom stereocenters. The molecule has 1 saturated heterocycles. The first-order chi connectivity index (χ1) is 18.0. The molecule has 0 aliphatic carbocycles. The Morgan fingerprint density at radius 1 is 1.18 bits per heavy atom. The van der Waals surface area contributed by atoms with Crippen LogP contribution in [0.15, 0.2) is 30.5 Å². The molecule has 202 valence electrons. The van der Waals surface area contributed by atoms with Crippen LogP contribution in [0.2, 0.25) is 5.02 Å².